The molecular weight excluding hydrogens is 504 g/mol. The molecule has 0 aliphatic heterocycles. The van der Waals surface area contributed by atoms with Crippen LogP contribution >= 0.6 is 0 Å². The van der Waals surface area contributed by atoms with Crippen LogP contribution in [-0.2, 0) is 9.59 Å². The molecule has 1 heterocycles. The number of hydrogen-bond acceptors (Lipinski definition) is 5. The van der Waals surface area contributed by atoms with Gasteiger partial charge in [0.1, 0.15) is 18.0 Å². The first-order valence-electron chi connectivity index (χ1n) is 12.8. The predicted molar refractivity (Wildman–Crippen MR) is 131 cm³/mol. The summed E-state index contributed by atoms with van der Waals surface area (Å²) in [5.41, 5.74) is -0.473. The highest BCUT2D eigenvalue weighted by molar-refractivity contribution is 5.85. The van der Waals surface area contributed by atoms with Crippen molar-refractivity contribution in [2.45, 2.75) is 75.2 Å². The highest BCUT2D eigenvalue weighted by Crippen LogP contribution is 2.60. The van der Waals surface area contributed by atoms with Gasteiger partial charge in [0.2, 0.25) is 11.8 Å². The van der Waals surface area contributed by atoms with Gasteiger partial charge in [-0.2, -0.15) is 13.2 Å². The second kappa shape index (κ2) is 9.50. The normalized spacial score (nSPS) is 30.6. The number of aromatic nitrogens is 1. The lowest BCUT2D eigenvalue weighted by atomic mass is 9.44. The molecule has 4 aliphatic rings. The molecule has 2 bridgehead atoms. The molecule has 7 nitrogen and oxygen atoms in total. The molecule has 204 valence electrons. The van der Waals surface area contributed by atoms with E-state index in [0.29, 0.717) is 55.2 Å². The summed E-state index contributed by atoms with van der Waals surface area (Å²) in [6, 6.07) is 6.03. The van der Waals surface area contributed by atoms with Gasteiger partial charge in [0, 0.05) is 34.5 Å². The van der Waals surface area contributed by atoms with Gasteiger partial charge < -0.3 is 20.8 Å². The monoisotopic (exact) mass is 534 g/mol. The number of ether oxygens (including phenoxy) is 1. The minimum atomic E-state index is -4.54. The van der Waals surface area contributed by atoms with E-state index in [4.69, 9.17) is 10.1 Å². The first-order valence-corrected chi connectivity index (χ1v) is 12.8. The van der Waals surface area contributed by atoms with Crippen LogP contribution in [0, 0.1) is 29.0 Å². The van der Waals surface area contributed by atoms with E-state index in [2.05, 4.69) is 15.6 Å². The van der Waals surface area contributed by atoms with E-state index in [9.17, 15) is 27.2 Å². The van der Waals surface area contributed by atoms with E-state index >= 15 is 0 Å². The zero-order valence-corrected chi connectivity index (χ0v) is 20.9. The molecule has 38 heavy (non-hydrogen) atoms. The molecule has 4 aliphatic carbocycles. The smallest absolute Gasteiger partial charge is 0.397 e. The lowest BCUT2D eigenvalue weighted by Gasteiger charge is -2.70. The Labute approximate surface area is 217 Å². The summed E-state index contributed by atoms with van der Waals surface area (Å²) in [6.45, 7) is 1.83. The fraction of sp³-hybridized carbons (Fsp3) is 0.556. The summed E-state index contributed by atoms with van der Waals surface area (Å²) in [6.07, 6.45) is -0.0912. The van der Waals surface area contributed by atoms with Gasteiger partial charge in [-0.25, -0.2) is 4.39 Å². The summed E-state index contributed by atoms with van der Waals surface area (Å²) in [4.78, 5) is 28.8. The number of nitrogens with one attached hydrogen (secondary N) is 3. The van der Waals surface area contributed by atoms with Crippen molar-refractivity contribution in [3.05, 3.63) is 36.3 Å². The Morgan fingerprint density at radius 2 is 1.89 bits per heavy atom. The second-order valence-corrected chi connectivity index (χ2v) is 11.3. The van der Waals surface area contributed by atoms with Crippen molar-refractivity contribution in [2.75, 3.05) is 0 Å². The van der Waals surface area contributed by atoms with Crippen LogP contribution in [-0.4, -0.2) is 46.4 Å². The Bertz CT molecular complexity index is 1250. The number of amides is 2. The number of fused-ring (bicyclic) bond motifs is 1. The summed E-state index contributed by atoms with van der Waals surface area (Å²) in [5.74, 6) is -1.34. The fourth-order valence-corrected chi connectivity index (χ4v) is 6.57. The average molecular weight is 535 g/mol. The third-order valence-electron chi connectivity index (χ3n) is 8.17. The number of carbonyl (C=O) groups is 2. The van der Waals surface area contributed by atoms with Crippen LogP contribution in [0.5, 0.6) is 5.75 Å². The Balaban J connectivity index is 1.13. The van der Waals surface area contributed by atoms with E-state index in [1.165, 1.54) is 18.3 Å². The average Bonchev–Trinajstić information content (AvgIpc) is 3.17. The molecule has 6 rings (SSSR count). The number of nitrogens with zero attached hydrogens (tertiary/aromatic N) is 1. The van der Waals surface area contributed by atoms with Crippen molar-refractivity contribution in [3.8, 4) is 5.75 Å². The molecule has 1 aromatic carbocycles. The Morgan fingerprint density at radius 3 is 2.58 bits per heavy atom. The SMILES string of the molecule is CC(C[C@H]1C[C@H](Oc2ccnc3ccc(F)cc23)C[C@H]1C=N)C(=O)NC12CC(NC(=O)CC(F)(F)F)(C1)C2. The lowest BCUT2D eigenvalue weighted by molar-refractivity contribution is -0.166. The van der Waals surface area contributed by atoms with E-state index in [1.807, 2.05) is 6.92 Å². The minimum absolute atomic E-state index is 0.0536. The maximum Gasteiger partial charge on any atom is 0.397 e. The molecule has 1 aromatic heterocycles. The van der Waals surface area contributed by atoms with Crippen LogP contribution < -0.4 is 15.4 Å². The van der Waals surface area contributed by atoms with Crippen molar-refractivity contribution in [3.63, 3.8) is 0 Å². The zero-order chi connectivity index (χ0) is 27.3. The van der Waals surface area contributed by atoms with Crippen LogP contribution in [0.25, 0.3) is 10.9 Å². The molecule has 4 saturated carbocycles. The number of alkyl halides is 3. The summed E-state index contributed by atoms with van der Waals surface area (Å²) in [7, 11) is 0. The van der Waals surface area contributed by atoms with Gasteiger partial charge in [0.15, 0.2) is 0 Å². The molecule has 0 spiro atoms. The number of rotatable bonds is 9. The highest BCUT2D eigenvalue weighted by Gasteiger charge is 2.69. The van der Waals surface area contributed by atoms with Crippen molar-refractivity contribution in [2.24, 2.45) is 17.8 Å². The third-order valence-corrected chi connectivity index (χ3v) is 8.17. The van der Waals surface area contributed by atoms with Crippen LogP contribution in [0.2, 0.25) is 0 Å². The Kier molecular flexibility index (Phi) is 6.59. The molecule has 4 fully saturated rings. The van der Waals surface area contributed by atoms with Gasteiger partial charge in [-0.3, -0.25) is 14.6 Å². The molecular formula is C27H30F4N4O3. The van der Waals surface area contributed by atoms with Gasteiger partial charge >= 0.3 is 6.18 Å². The summed E-state index contributed by atoms with van der Waals surface area (Å²) >= 11 is 0. The van der Waals surface area contributed by atoms with Gasteiger partial charge in [0.05, 0.1) is 11.6 Å². The quantitative estimate of drug-likeness (QED) is 0.321. The third kappa shape index (κ3) is 5.33. The number of carbonyl (C=O) groups excluding carboxylic acids is 2. The summed E-state index contributed by atoms with van der Waals surface area (Å²) in [5, 5.41) is 14.0. The number of halogens is 4. The van der Waals surface area contributed by atoms with Crippen molar-refractivity contribution in [1.29, 1.82) is 5.41 Å². The number of pyridine rings is 1. The molecule has 1 unspecified atom stereocenters. The molecule has 3 N–H and O–H groups in total. The molecule has 11 heteroatoms. The van der Waals surface area contributed by atoms with Crippen LogP contribution in [0.4, 0.5) is 17.6 Å². The van der Waals surface area contributed by atoms with Crippen molar-refractivity contribution in [1.82, 2.24) is 15.6 Å². The van der Waals surface area contributed by atoms with E-state index in [0.717, 1.165) is 0 Å². The van der Waals surface area contributed by atoms with E-state index < -0.39 is 29.6 Å². The van der Waals surface area contributed by atoms with Crippen LogP contribution in [0.3, 0.4) is 0 Å². The van der Waals surface area contributed by atoms with Crippen molar-refractivity contribution >= 4 is 28.9 Å². The van der Waals surface area contributed by atoms with E-state index in [1.54, 1.807) is 18.3 Å². The maximum absolute atomic E-state index is 13.8. The lowest BCUT2D eigenvalue weighted by Crippen LogP contribution is -2.84. The summed E-state index contributed by atoms with van der Waals surface area (Å²) < 4.78 is 57.3. The maximum atomic E-state index is 13.8. The molecule has 4 atom stereocenters. The minimum Gasteiger partial charge on any atom is -0.490 e. The predicted octanol–water partition coefficient (Wildman–Crippen LogP) is 4.68. The van der Waals surface area contributed by atoms with Crippen LogP contribution in [0.1, 0.15) is 51.9 Å². The Hall–Kier alpha value is -3.24. The van der Waals surface area contributed by atoms with E-state index in [-0.39, 0.29) is 35.6 Å². The van der Waals surface area contributed by atoms with Crippen molar-refractivity contribution < 1.29 is 31.9 Å². The highest BCUT2D eigenvalue weighted by atomic mass is 19.4. The van der Waals surface area contributed by atoms with Gasteiger partial charge in [-0.1, -0.05) is 6.92 Å². The van der Waals surface area contributed by atoms with Gasteiger partial charge in [-0.15, -0.1) is 0 Å². The molecule has 2 amide bonds. The van der Waals surface area contributed by atoms with Crippen LogP contribution in [0.15, 0.2) is 30.5 Å². The number of hydrogen-bond donors (Lipinski definition) is 3. The molecule has 2 aromatic rings. The zero-order valence-electron chi connectivity index (χ0n) is 20.9. The second-order valence-electron chi connectivity index (χ2n) is 11.3. The topological polar surface area (TPSA) is 104 Å². The fourth-order valence-electron chi connectivity index (χ4n) is 6.57. The molecule has 0 saturated heterocycles. The first-order chi connectivity index (χ1) is 17.9. The largest absolute Gasteiger partial charge is 0.490 e. The molecule has 0 radical (unpaired) electrons. The van der Waals surface area contributed by atoms with Gasteiger partial charge in [0.25, 0.3) is 0 Å². The standard InChI is InChI=1S/C27H30F4N4O3/c1-15(24(37)35-26-12-25(13-26,14-26)34-23(36)10-27(29,30)31)6-16-7-19(8-17(16)11-32)38-22-4-5-33-21-3-2-18(28)9-20(21)22/h2-5,9,11,15-17,19,32H,6-8,10,12-14H2,1H3,(H,34,36)(H,35,37)/t15?,16-,17-,19-,25?,26?/m0/s1. The van der Waals surface area contributed by atoms with Gasteiger partial charge in [-0.05, 0) is 74.9 Å². The number of benzene rings is 1. The Morgan fingerprint density at radius 1 is 1.18 bits per heavy atom. The first kappa shape index (κ1) is 26.4.